The summed E-state index contributed by atoms with van der Waals surface area (Å²) in [6.45, 7) is 1.67. The van der Waals surface area contributed by atoms with Gasteiger partial charge in [-0.1, -0.05) is 65.7 Å². The summed E-state index contributed by atoms with van der Waals surface area (Å²) in [5, 5.41) is 20.2. The quantitative estimate of drug-likeness (QED) is 0.145. The number of hydrogen-bond acceptors (Lipinski definition) is 8. The number of nitrogens with one attached hydrogen (secondary N) is 3. The molecular formula is C37H36Cl2N6O4. The molecule has 1 aliphatic carbocycles. The van der Waals surface area contributed by atoms with Crippen LogP contribution < -0.4 is 26.2 Å². The number of hydrogen-bond donors (Lipinski definition) is 4. The Kier molecular flexibility index (Phi) is 9.66. The first-order valence-electron chi connectivity index (χ1n) is 16.3. The number of halogens is 2. The van der Waals surface area contributed by atoms with E-state index in [0.29, 0.717) is 71.9 Å². The standard InChI is InChI=1S/C37H36Cl2N6O4/c1-49-37-21(17-40-18-23-10-13-33(47)43-23)8-11-31(44-37)30-7-3-6-29(36(30)39)28-5-2-4-27(35(28)38)22-9-12-32-42-25(16-34(48)45(32)20-22)19-41-24-14-26(46)15-24/h2-9,11-12,16,20,23-24,26,40-41,46H,10,13-15,17-19H2,1H3,(H,43,47)/t23-,24-,26-/m0/s1. The summed E-state index contributed by atoms with van der Waals surface area (Å²) in [4.78, 5) is 34.1. The van der Waals surface area contributed by atoms with Gasteiger partial charge in [-0.2, -0.15) is 0 Å². The minimum Gasteiger partial charge on any atom is -0.481 e. The fraction of sp³-hybridized carbons (Fsp3) is 0.297. The van der Waals surface area contributed by atoms with Gasteiger partial charge in [-0.15, -0.1) is 0 Å². The summed E-state index contributed by atoms with van der Waals surface area (Å²) in [6, 6.07) is 21.0. The molecule has 1 atom stereocenters. The van der Waals surface area contributed by atoms with Crippen LogP contribution in [0.2, 0.25) is 10.0 Å². The van der Waals surface area contributed by atoms with Crippen molar-refractivity contribution in [3.8, 4) is 39.4 Å². The van der Waals surface area contributed by atoms with Crippen LogP contribution in [0.3, 0.4) is 0 Å². The van der Waals surface area contributed by atoms with Gasteiger partial charge in [0.05, 0.1) is 34.6 Å². The predicted octanol–water partition coefficient (Wildman–Crippen LogP) is 5.39. The lowest BCUT2D eigenvalue weighted by Crippen LogP contribution is -2.43. The van der Waals surface area contributed by atoms with Crippen molar-refractivity contribution in [1.82, 2.24) is 30.3 Å². The molecule has 7 rings (SSSR count). The number of fused-ring (bicyclic) bond motifs is 1. The molecule has 1 aliphatic heterocycles. The van der Waals surface area contributed by atoms with Gasteiger partial charge in [-0.25, -0.2) is 9.97 Å². The number of amides is 1. The fourth-order valence-electron chi connectivity index (χ4n) is 6.45. The maximum Gasteiger partial charge on any atom is 0.258 e. The van der Waals surface area contributed by atoms with Crippen LogP contribution in [0, 0.1) is 0 Å². The second kappa shape index (κ2) is 14.3. The minimum absolute atomic E-state index is 0.0933. The first kappa shape index (κ1) is 33.2. The first-order valence-corrected chi connectivity index (χ1v) is 17.1. The number of methoxy groups -OCH3 is 1. The molecule has 2 fully saturated rings. The molecule has 1 saturated carbocycles. The number of aliphatic hydroxyl groups is 1. The van der Waals surface area contributed by atoms with E-state index in [1.807, 2.05) is 60.7 Å². The van der Waals surface area contributed by atoms with Crippen molar-refractivity contribution in [3.05, 3.63) is 105 Å². The number of aliphatic hydroxyl groups excluding tert-OH is 1. The predicted molar refractivity (Wildman–Crippen MR) is 191 cm³/mol. The molecule has 10 nitrogen and oxygen atoms in total. The molecule has 4 N–H and O–H groups in total. The smallest absolute Gasteiger partial charge is 0.258 e. The Morgan fingerprint density at radius 3 is 2.39 bits per heavy atom. The highest BCUT2D eigenvalue weighted by atomic mass is 35.5. The van der Waals surface area contributed by atoms with Gasteiger partial charge in [0, 0.05) is 83.8 Å². The minimum atomic E-state index is -0.247. The van der Waals surface area contributed by atoms with E-state index in [1.54, 1.807) is 13.3 Å². The highest BCUT2D eigenvalue weighted by Crippen LogP contribution is 2.42. The van der Waals surface area contributed by atoms with Crippen molar-refractivity contribution in [2.75, 3.05) is 13.7 Å². The first-order chi connectivity index (χ1) is 23.8. The number of benzene rings is 2. The Morgan fingerprint density at radius 2 is 1.67 bits per heavy atom. The molecular weight excluding hydrogens is 663 g/mol. The molecule has 4 heterocycles. The van der Waals surface area contributed by atoms with Crippen LogP contribution in [-0.2, 0) is 17.9 Å². The Bertz CT molecular complexity index is 2100. The van der Waals surface area contributed by atoms with Gasteiger partial charge in [0.1, 0.15) is 5.65 Å². The lowest BCUT2D eigenvalue weighted by Gasteiger charge is -2.32. The Hall–Kier alpha value is -4.32. The highest BCUT2D eigenvalue weighted by molar-refractivity contribution is 6.39. The summed E-state index contributed by atoms with van der Waals surface area (Å²) in [5.41, 5.74) is 6.28. The number of carbonyl (C=O) groups is 1. The molecule has 12 heteroatoms. The van der Waals surface area contributed by atoms with Crippen molar-refractivity contribution < 1.29 is 14.6 Å². The van der Waals surface area contributed by atoms with E-state index in [9.17, 15) is 14.7 Å². The summed E-state index contributed by atoms with van der Waals surface area (Å²) < 4.78 is 7.16. The zero-order valence-electron chi connectivity index (χ0n) is 26.9. The van der Waals surface area contributed by atoms with Crippen LogP contribution in [0.5, 0.6) is 5.88 Å². The molecule has 2 aromatic carbocycles. The Labute approximate surface area is 293 Å². The van der Waals surface area contributed by atoms with Gasteiger partial charge in [0.2, 0.25) is 11.8 Å². The summed E-state index contributed by atoms with van der Waals surface area (Å²) >= 11 is 14.2. The maximum absolute atomic E-state index is 13.1. The molecule has 3 aromatic heterocycles. The third kappa shape index (κ3) is 7.06. The summed E-state index contributed by atoms with van der Waals surface area (Å²) in [7, 11) is 1.59. The van der Waals surface area contributed by atoms with Gasteiger partial charge in [0.25, 0.3) is 5.56 Å². The Morgan fingerprint density at radius 1 is 0.939 bits per heavy atom. The third-order valence-corrected chi connectivity index (χ3v) is 10.0. The topological polar surface area (TPSA) is 130 Å². The largest absolute Gasteiger partial charge is 0.481 e. The molecule has 5 aromatic rings. The average Bonchev–Trinajstić information content (AvgIpc) is 3.51. The number of ether oxygens (including phenoxy) is 1. The number of carbonyl (C=O) groups excluding carboxylic acids is 1. The second-order valence-electron chi connectivity index (χ2n) is 12.6. The molecule has 0 bridgehead atoms. The lowest BCUT2D eigenvalue weighted by molar-refractivity contribution is -0.119. The van der Waals surface area contributed by atoms with E-state index in [2.05, 4.69) is 20.9 Å². The molecule has 49 heavy (non-hydrogen) atoms. The van der Waals surface area contributed by atoms with E-state index < -0.39 is 0 Å². The zero-order valence-corrected chi connectivity index (χ0v) is 28.4. The lowest BCUT2D eigenvalue weighted by atomic mass is 9.89. The van der Waals surface area contributed by atoms with Crippen LogP contribution in [0.4, 0.5) is 0 Å². The second-order valence-corrected chi connectivity index (χ2v) is 13.3. The average molecular weight is 700 g/mol. The molecule has 0 radical (unpaired) electrons. The Balaban J connectivity index is 1.13. The van der Waals surface area contributed by atoms with Crippen LogP contribution in [-0.4, -0.2) is 57.2 Å². The van der Waals surface area contributed by atoms with E-state index in [4.69, 9.17) is 32.9 Å². The number of pyridine rings is 2. The van der Waals surface area contributed by atoms with Crippen molar-refractivity contribution in [2.24, 2.45) is 0 Å². The van der Waals surface area contributed by atoms with Gasteiger partial charge >= 0.3 is 0 Å². The van der Waals surface area contributed by atoms with Gasteiger partial charge in [0.15, 0.2) is 0 Å². The van der Waals surface area contributed by atoms with Crippen LogP contribution in [0.15, 0.2) is 77.7 Å². The molecule has 0 unspecified atom stereocenters. The normalized spacial score (nSPS) is 18.8. The zero-order chi connectivity index (χ0) is 34.1. The van der Waals surface area contributed by atoms with Gasteiger partial charge < -0.3 is 25.8 Å². The maximum atomic E-state index is 13.1. The van der Waals surface area contributed by atoms with Crippen molar-refractivity contribution in [3.63, 3.8) is 0 Å². The van der Waals surface area contributed by atoms with E-state index in [-0.39, 0.29) is 29.7 Å². The molecule has 1 amide bonds. The van der Waals surface area contributed by atoms with Gasteiger partial charge in [-0.05, 0) is 37.5 Å². The summed E-state index contributed by atoms with van der Waals surface area (Å²) in [6.07, 6.45) is 4.33. The van der Waals surface area contributed by atoms with Crippen LogP contribution in [0.1, 0.15) is 36.9 Å². The fourth-order valence-corrected chi connectivity index (χ4v) is 7.11. The van der Waals surface area contributed by atoms with Gasteiger partial charge in [-0.3, -0.25) is 14.0 Å². The van der Waals surface area contributed by atoms with E-state index in [1.165, 1.54) is 10.5 Å². The van der Waals surface area contributed by atoms with Crippen LogP contribution >= 0.6 is 23.2 Å². The third-order valence-electron chi connectivity index (χ3n) is 9.20. The van der Waals surface area contributed by atoms with Crippen molar-refractivity contribution in [2.45, 2.75) is 57.0 Å². The number of rotatable bonds is 11. The molecule has 2 aliphatic rings. The number of aromatic nitrogens is 3. The van der Waals surface area contributed by atoms with E-state index in [0.717, 1.165) is 39.8 Å². The molecule has 252 valence electrons. The monoisotopic (exact) mass is 698 g/mol. The SMILES string of the molecule is COc1nc(-c2cccc(-c3cccc(-c4ccc5nc(CN[C@H]6C[C@H](O)C6)cc(=O)n5c4)c3Cl)c2Cl)ccc1CNC[C@@H]1CCC(=O)N1. The number of nitrogens with zero attached hydrogens (tertiary/aromatic N) is 3. The molecule has 1 saturated heterocycles. The van der Waals surface area contributed by atoms with Crippen molar-refractivity contribution >= 4 is 34.8 Å². The van der Waals surface area contributed by atoms with Crippen LogP contribution in [0.25, 0.3) is 39.2 Å². The highest BCUT2D eigenvalue weighted by Gasteiger charge is 2.26. The molecule has 0 spiro atoms. The van der Waals surface area contributed by atoms with E-state index >= 15 is 0 Å². The van der Waals surface area contributed by atoms with Crippen molar-refractivity contribution in [1.29, 1.82) is 0 Å². The summed E-state index contributed by atoms with van der Waals surface area (Å²) in [5.74, 6) is 0.584.